The summed E-state index contributed by atoms with van der Waals surface area (Å²) in [5.41, 5.74) is 0.966. The van der Waals surface area contributed by atoms with Gasteiger partial charge in [0, 0.05) is 5.56 Å². The second kappa shape index (κ2) is 5.16. The molecular formula is C12H14O5. The molecule has 1 aromatic rings. The summed E-state index contributed by atoms with van der Waals surface area (Å²) in [6.07, 6.45) is 0.105. The first kappa shape index (κ1) is 11.9. The lowest BCUT2D eigenvalue weighted by atomic mass is 10.1. The van der Waals surface area contributed by atoms with Crippen LogP contribution in [0.25, 0.3) is 0 Å². The van der Waals surface area contributed by atoms with Gasteiger partial charge < -0.3 is 19.3 Å². The van der Waals surface area contributed by atoms with Crippen molar-refractivity contribution in [1.82, 2.24) is 0 Å². The zero-order chi connectivity index (χ0) is 12.3. The number of aromatic carboxylic acids is 1. The minimum absolute atomic E-state index is 0.105. The number of hydrogen-bond donors (Lipinski definition) is 1. The highest BCUT2D eigenvalue weighted by Gasteiger charge is 2.19. The summed E-state index contributed by atoms with van der Waals surface area (Å²) in [7, 11) is 1.55. The molecule has 0 atom stereocenters. The largest absolute Gasteiger partial charge is 0.496 e. The van der Waals surface area contributed by atoms with E-state index in [1.807, 2.05) is 0 Å². The molecule has 1 saturated heterocycles. The number of rotatable bonds is 5. The monoisotopic (exact) mass is 238 g/mol. The molecule has 0 radical (unpaired) electrons. The van der Waals surface area contributed by atoms with E-state index < -0.39 is 5.97 Å². The fraction of sp³-hybridized carbons (Fsp3) is 0.417. The van der Waals surface area contributed by atoms with Crippen molar-refractivity contribution >= 4 is 5.97 Å². The second-order valence-corrected chi connectivity index (χ2v) is 3.80. The Labute approximate surface area is 98.9 Å². The molecule has 0 amide bonds. The van der Waals surface area contributed by atoms with Crippen LogP contribution in [0.5, 0.6) is 5.75 Å². The van der Waals surface area contributed by atoms with Crippen LogP contribution in [0.2, 0.25) is 0 Å². The van der Waals surface area contributed by atoms with E-state index in [1.54, 1.807) is 19.2 Å². The van der Waals surface area contributed by atoms with Crippen LogP contribution in [0.1, 0.15) is 15.9 Å². The molecule has 0 bridgehead atoms. The Bertz CT molecular complexity index is 411. The molecule has 5 nitrogen and oxygen atoms in total. The summed E-state index contributed by atoms with van der Waals surface area (Å²) in [5.74, 6) is -0.323. The van der Waals surface area contributed by atoms with Crippen LogP contribution in [-0.4, -0.2) is 37.5 Å². The molecule has 0 saturated carbocycles. The van der Waals surface area contributed by atoms with Gasteiger partial charge in [0.05, 0.1) is 32.5 Å². The Balaban J connectivity index is 2.10. The normalized spacial score (nSPS) is 15.4. The molecule has 1 aliphatic rings. The van der Waals surface area contributed by atoms with E-state index >= 15 is 0 Å². The second-order valence-electron chi connectivity index (χ2n) is 3.80. The van der Waals surface area contributed by atoms with Crippen molar-refractivity contribution in [2.75, 3.05) is 20.3 Å². The van der Waals surface area contributed by atoms with Crippen molar-refractivity contribution in [3.8, 4) is 5.75 Å². The van der Waals surface area contributed by atoms with E-state index in [9.17, 15) is 4.79 Å². The van der Waals surface area contributed by atoms with Gasteiger partial charge in [-0.25, -0.2) is 4.79 Å². The third-order valence-electron chi connectivity index (χ3n) is 2.61. The molecule has 0 unspecified atom stereocenters. The fourth-order valence-corrected chi connectivity index (χ4v) is 1.54. The number of carbonyl (C=O) groups is 1. The van der Waals surface area contributed by atoms with Crippen molar-refractivity contribution in [3.05, 3.63) is 29.3 Å². The van der Waals surface area contributed by atoms with Crippen molar-refractivity contribution in [2.45, 2.75) is 12.7 Å². The smallest absolute Gasteiger partial charge is 0.335 e. The topological polar surface area (TPSA) is 65.0 Å². The zero-order valence-corrected chi connectivity index (χ0v) is 9.51. The van der Waals surface area contributed by atoms with Gasteiger partial charge in [0.15, 0.2) is 0 Å². The Hall–Kier alpha value is -1.59. The summed E-state index contributed by atoms with van der Waals surface area (Å²) in [6, 6.07) is 4.72. The Morgan fingerprint density at radius 2 is 2.29 bits per heavy atom. The van der Waals surface area contributed by atoms with Gasteiger partial charge in [0.2, 0.25) is 0 Å². The van der Waals surface area contributed by atoms with Crippen LogP contribution in [0.15, 0.2) is 18.2 Å². The predicted molar refractivity (Wildman–Crippen MR) is 59.3 cm³/mol. The average Bonchev–Trinajstić information content (AvgIpc) is 2.26. The SMILES string of the molecule is COc1ccc(C(=O)O)cc1COC1COC1. The van der Waals surface area contributed by atoms with Crippen LogP contribution >= 0.6 is 0 Å². The highest BCUT2D eigenvalue weighted by atomic mass is 16.6. The lowest BCUT2D eigenvalue weighted by Gasteiger charge is -2.26. The number of ether oxygens (including phenoxy) is 3. The minimum Gasteiger partial charge on any atom is -0.496 e. The molecule has 17 heavy (non-hydrogen) atoms. The third-order valence-corrected chi connectivity index (χ3v) is 2.61. The summed E-state index contributed by atoms with van der Waals surface area (Å²) in [4.78, 5) is 10.9. The minimum atomic E-state index is -0.958. The van der Waals surface area contributed by atoms with Crippen LogP contribution in [0.4, 0.5) is 0 Å². The number of carboxylic acid groups (broad SMARTS) is 1. The summed E-state index contributed by atoms with van der Waals surface area (Å²) in [6.45, 7) is 1.53. The van der Waals surface area contributed by atoms with Crippen LogP contribution < -0.4 is 4.74 Å². The van der Waals surface area contributed by atoms with Crippen LogP contribution in [0.3, 0.4) is 0 Å². The van der Waals surface area contributed by atoms with Crippen molar-refractivity contribution in [2.24, 2.45) is 0 Å². The molecule has 92 valence electrons. The van der Waals surface area contributed by atoms with Crippen LogP contribution in [0, 0.1) is 0 Å². The molecule has 1 heterocycles. The Morgan fingerprint density at radius 3 is 2.82 bits per heavy atom. The highest BCUT2D eigenvalue weighted by Crippen LogP contribution is 2.22. The number of benzene rings is 1. The van der Waals surface area contributed by atoms with Crippen LogP contribution in [-0.2, 0) is 16.1 Å². The van der Waals surface area contributed by atoms with E-state index in [2.05, 4.69) is 0 Å². The quantitative estimate of drug-likeness (QED) is 0.837. The van der Waals surface area contributed by atoms with E-state index in [0.717, 1.165) is 5.56 Å². The standard InChI is InChI=1S/C12H14O5/c1-15-11-3-2-8(12(13)14)4-9(11)5-17-10-6-16-7-10/h2-4,10H,5-7H2,1H3,(H,13,14). The maximum absolute atomic E-state index is 10.9. The lowest BCUT2D eigenvalue weighted by Crippen LogP contribution is -2.35. The van der Waals surface area contributed by atoms with Gasteiger partial charge in [-0.2, -0.15) is 0 Å². The van der Waals surface area contributed by atoms with E-state index in [1.165, 1.54) is 6.07 Å². The van der Waals surface area contributed by atoms with Gasteiger partial charge in [-0.05, 0) is 18.2 Å². The summed E-state index contributed by atoms with van der Waals surface area (Å²) < 4.78 is 15.7. The van der Waals surface area contributed by atoms with E-state index in [-0.39, 0.29) is 11.7 Å². The maximum atomic E-state index is 10.9. The molecule has 2 rings (SSSR count). The molecule has 5 heteroatoms. The Kier molecular flexibility index (Phi) is 3.61. The first-order chi connectivity index (χ1) is 8.20. The number of methoxy groups -OCH3 is 1. The molecule has 1 aliphatic heterocycles. The molecule has 0 spiro atoms. The molecule has 1 N–H and O–H groups in total. The third kappa shape index (κ3) is 2.75. The van der Waals surface area contributed by atoms with Gasteiger partial charge in [-0.3, -0.25) is 0 Å². The zero-order valence-electron chi connectivity index (χ0n) is 9.51. The lowest BCUT2D eigenvalue weighted by molar-refractivity contribution is -0.135. The molecule has 0 aromatic heterocycles. The molecular weight excluding hydrogens is 224 g/mol. The number of hydrogen-bond acceptors (Lipinski definition) is 4. The summed E-state index contributed by atoms with van der Waals surface area (Å²) >= 11 is 0. The van der Waals surface area contributed by atoms with E-state index in [4.69, 9.17) is 19.3 Å². The fourth-order valence-electron chi connectivity index (χ4n) is 1.54. The number of carboxylic acids is 1. The van der Waals surface area contributed by atoms with Crippen molar-refractivity contribution in [1.29, 1.82) is 0 Å². The predicted octanol–water partition coefficient (Wildman–Crippen LogP) is 1.31. The molecule has 0 aliphatic carbocycles. The van der Waals surface area contributed by atoms with Gasteiger partial charge in [0.1, 0.15) is 11.9 Å². The van der Waals surface area contributed by atoms with Crippen molar-refractivity contribution in [3.63, 3.8) is 0 Å². The Morgan fingerprint density at radius 1 is 1.53 bits per heavy atom. The first-order valence-corrected chi connectivity index (χ1v) is 5.30. The highest BCUT2D eigenvalue weighted by molar-refractivity contribution is 5.88. The van der Waals surface area contributed by atoms with Gasteiger partial charge in [-0.1, -0.05) is 0 Å². The van der Waals surface area contributed by atoms with E-state index in [0.29, 0.717) is 25.6 Å². The average molecular weight is 238 g/mol. The van der Waals surface area contributed by atoms with Gasteiger partial charge in [-0.15, -0.1) is 0 Å². The molecule has 1 aromatic carbocycles. The van der Waals surface area contributed by atoms with Crippen molar-refractivity contribution < 1.29 is 24.1 Å². The van der Waals surface area contributed by atoms with Gasteiger partial charge >= 0.3 is 5.97 Å². The van der Waals surface area contributed by atoms with Gasteiger partial charge in [0.25, 0.3) is 0 Å². The maximum Gasteiger partial charge on any atom is 0.335 e. The molecule has 1 fully saturated rings. The first-order valence-electron chi connectivity index (χ1n) is 5.30. The summed E-state index contributed by atoms with van der Waals surface area (Å²) in [5, 5.41) is 8.91.